The number of phenolic OH excluding ortho intramolecular Hbond substituents is 1. The molecule has 0 radical (unpaired) electrons. The van der Waals surface area contributed by atoms with Crippen LogP contribution in [0.4, 0.5) is 0 Å². The van der Waals surface area contributed by atoms with E-state index in [-0.39, 0.29) is 17.2 Å². The summed E-state index contributed by atoms with van der Waals surface area (Å²) in [5.74, 6) is -0.371. The molecule has 0 heterocycles. The molecule has 110 valence electrons. The van der Waals surface area contributed by atoms with Crippen molar-refractivity contribution in [2.75, 3.05) is 13.1 Å². The molecule has 0 aliphatic heterocycles. The Morgan fingerprint density at radius 1 is 1.19 bits per heavy atom. The zero-order chi connectivity index (χ0) is 15.2. The van der Waals surface area contributed by atoms with Gasteiger partial charge in [-0.25, -0.2) is 0 Å². The zero-order valence-electron chi connectivity index (χ0n) is 11.5. The molecular formula is C16H17ClN2O2. The second kappa shape index (κ2) is 7.11. The monoisotopic (exact) mass is 304 g/mol. The molecule has 0 fully saturated rings. The predicted octanol–water partition coefficient (Wildman–Crippen LogP) is 2.65. The predicted molar refractivity (Wildman–Crippen MR) is 83.4 cm³/mol. The molecule has 0 unspecified atom stereocenters. The number of nitrogens with two attached hydrogens (primary N) is 1. The lowest BCUT2D eigenvalue weighted by Crippen LogP contribution is -2.34. The maximum Gasteiger partial charge on any atom is 0.258 e. The van der Waals surface area contributed by atoms with Crippen molar-refractivity contribution < 1.29 is 9.90 Å². The van der Waals surface area contributed by atoms with Crippen LogP contribution in [0.2, 0.25) is 5.02 Å². The third-order valence-electron chi connectivity index (χ3n) is 3.09. The van der Waals surface area contributed by atoms with Gasteiger partial charge in [0, 0.05) is 24.7 Å². The number of carbonyl (C=O) groups excluding carboxylic acids is 1. The fourth-order valence-electron chi connectivity index (χ4n) is 2.06. The molecule has 4 nitrogen and oxygen atoms in total. The van der Waals surface area contributed by atoms with E-state index in [0.717, 1.165) is 5.56 Å². The molecule has 2 aromatic rings. The first-order valence-corrected chi connectivity index (χ1v) is 7.01. The second-order valence-electron chi connectivity index (χ2n) is 4.66. The van der Waals surface area contributed by atoms with Crippen molar-refractivity contribution in [2.45, 2.75) is 6.54 Å². The molecule has 0 saturated carbocycles. The van der Waals surface area contributed by atoms with Gasteiger partial charge in [-0.15, -0.1) is 0 Å². The molecule has 0 bridgehead atoms. The number of rotatable bonds is 5. The fraction of sp³-hybridized carbons (Fsp3) is 0.188. The van der Waals surface area contributed by atoms with E-state index in [2.05, 4.69) is 0 Å². The van der Waals surface area contributed by atoms with Crippen LogP contribution in [0.25, 0.3) is 0 Å². The van der Waals surface area contributed by atoms with Gasteiger partial charge in [-0.05, 0) is 23.8 Å². The lowest BCUT2D eigenvalue weighted by molar-refractivity contribution is 0.0745. The summed E-state index contributed by atoms with van der Waals surface area (Å²) in [5, 5.41) is 10.3. The summed E-state index contributed by atoms with van der Waals surface area (Å²) in [4.78, 5) is 14.2. The fourth-order valence-corrected chi connectivity index (χ4v) is 2.23. The Balaban J connectivity index is 2.25. The highest BCUT2D eigenvalue weighted by Gasteiger charge is 2.19. The highest BCUT2D eigenvalue weighted by Crippen LogP contribution is 2.23. The van der Waals surface area contributed by atoms with E-state index in [4.69, 9.17) is 17.3 Å². The summed E-state index contributed by atoms with van der Waals surface area (Å²) < 4.78 is 0. The van der Waals surface area contributed by atoms with Gasteiger partial charge >= 0.3 is 0 Å². The van der Waals surface area contributed by atoms with Gasteiger partial charge in [-0.1, -0.05) is 41.9 Å². The molecule has 0 atom stereocenters. The van der Waals surface area contributed by atoms with Crippen molar-refractivity contribution in [3.05, 3.63) is 64.7 Å². The van der Waals surface area contributed by atoms with Gasteiger partial charge in [-0.3, -0.25) is 4.79 Å². The van der Waals surface area contributed by atoms with Gasteiger partial charge < -0.3 is 15.7 Å². The number of amides is 1. The first-order valence-electron chi connectivity index (χ1n) is 6.63. The summed E-state index contributed by atoms with van der Waals surface area (Å²) in [6.07, 6.45) is 0. The Hall–Kier alpha value is -2.04. The Morgan fingerprint density at radius 2 is 1.90 bits per heavy atom. The van der Waals surface area contributed by atoms with Crippen LogP contribution in [0, 0.1) is 0 Å². The van der Waals surface area contributed by atoms with Crippen LogP contribution in [-0.4, -0.2) is 29.0 Å². The lowest BCUT2D eigenvalue weighted by atomic mass is 10.1. The molecule has 0 aliphatic carbocycles. The summed E-state index contributed by atoms with van der Waals surface area (Å²) in [7, 11) is 0. The number of hydrogen-bond donors (Lipinski definition) is 2. The quantitative estimate of drug-likeness (QED) is 0.892. The van der Waals surface area contributed by atoms with Crippen molar-refractivity contribution in [2.24, 2.45) is 5.73 Å². The molecule has 0 spiro atoms. The number of carbonyl (C=O) groups is 1. The van der Waals surface area contributed by atoms with Crippen LogP contribution >= 0.6 is 11.6 Å². The van der Waals surface area contributed by atoms with Crippen molar-refractivity contribution in [3.8, 4) is 5.75 Å². The summed E-state index contributed by atoms with van der Waals surface area (Å²) in [6, 6.07) is 14.0. The first kappa shape index (κ1) is 15.4. The van der Waals surface area contributed by atoms with Gasteiger partial charge in [0.05, 0.1) is 5.56 Å². The van der Waals surface area contributed by atoms with Crippen LogP contribution < -0.4 is 5.73 Å². The highest BCUT2D eigenvalue weighted by molar-refractivity contribution is 6.31. The Kier molecular flexibility index (Phi) is 5.20. The smallest absolute Gasteiger partial charge is 0.258 e. The van der Waals surface area contributed by atoms with E-state index in [1.54, 1.807) is 4.90 Å². The van der Waals surface area contributed by atoms with E-state index < -0.39 is 0 Å². The average Bonchev–Trinajstić information content (AvgIpc) is 2.49. The largest absolute Gasteiger partial charge is 0.507 e. The molecule has 0 saturated heterocycles. The normalized spacial score (nSPS) is 10.4. The lowest BCUT2D eigenvalue weighted by Gasteiger charge is -2.22. The van der Waals surface area contributed by atoms with Crippen LogP contribution in [-0.2, 0) is 6.54 Å². The topological polar surface area (TPSA) is 66.6 Å². The van der Waals surface area contributed by atoms with Gasteiger partial charge in [-0.2, -0.15) is 0 Å². The molecule has 3 N–H and O–H groups in total. The number of benzene rings is 2. The van der Waals surface area contributed by atoms with Crippen LogP contribution in [0.15, 0.2) is 48.5 Å². The maximum atomic E-state index is 12.6. The molecule has 2 rings (SSSR count). The van der Waals surface area contributed by atoms with Crippen LogP contribution in [0.3, 0.4) is 0 Å². The van der Waals surface area contributed by atoms with Gasteiger partial charge in [0.1, 0.15) is 5.75 Å². The maximum absolute atomic E-state index is 12.6. The molecule has 1 amide bonds. The third kappa shape index (κ3) is 3.97. The first-order chi connectivity index (χ1) is 10.1. The Bertz CT molecular complexity index is 617. The standard InChI is InChI=1S/C16H17ClN2O2/c17-13-6-7-15(20)14(10-13)16(21)19(9-8-18)11-12-4-2-1-3-5-12/h1-7,10,20H,8-9,11,18H2. The molecule has 0 aliphatic rings. The van der Waals surface area contributed by atoms with E-state index in [0.29, 0.717) is 24.7 Å². The Morgan fingerprint density at radius 3 is 2.57 bits per heavy atom. The molecule has 2 aromatic carbocycles. The van der Waals surface area contributed by atoms with Gasteiger partial charge in [0.2, 0.25) is 0 Å². The van der Waals surface area contributed by atoms with Crippen molar-refractivity contribution in [3.63, 3.8) is 0 Å². The minimum atomic E-state index is -0.288. The van der Waals surface area contributed by atoms with Crippen molar-refractivity contribution >= 4 is 17.5 Å². The molecule has 5 heteroatoms. The molecule has 0 aromatic heterocycles. The second-order valence-corrected chi connectivity index (χ2v) is 5.10. The average molecular weight is 305 g/mol. The SMILES string of the molecule is NCCN(Cc1ccccc1)C(=O)c1cc(Cl)ccc1O. The summed E-state index contributed by atoms with van der Waals surface area (Å²) in [5.41, 5.74) is 6.77. The van der Waals surface area contributed by atoms with E-state index in [1.807, 2.05) is 30.3 Å². The number of hydrogen-bond acceptors (Lipinski definition) is 3. The zero-order valence-corrected chi connectivity index (χ0v) is 12.3. The number of nitrogens with zero attached hydrogens (tertiary/aromatic N) is 1. The molecular weight excluding hydrogens is 288 g/mol. The highest BCUT2D eigenvalue weighted by atomic mass is 35.5. The molecule has 21 heavy (non-hydrogen) atoms. The van der Waals surface area contributed by atoms with E-state index in [1.165, 1.54) is 18.2 Å². The van der Waals surface area contributed by atoms with Crippen LogP contribution in [0.5, 0.6) is 5.75 Å². The number of phenols is 1. The van der Waals surface area contributed by atoms with Gasteiger partial charge in [0.25, 0.3) is 5.91 Å². The minimum absolute atomic E-state index is 0.0838. The summed E-state index contributed by atoms with van der Waals surface area (Å²) in [6.45, 7) is 1.18. The van der Waals surface area contributed by atoms with Crippen LogP contribution in [0.1, 0.15) is 15.9 Å². The minimum Gasteiger partial charge on any atom is -0.507 e. The van der Waals surface area contributed by atoms with E-state index in [9.17, 15) is 9.90 Å². The third-order valence-corrected chi connectivity index (χ3v) is 3.33. The Labute approximate surface area is 128 Å². The number of halogens is 1. The van der Waals surface area contributed by atoms with Gasteiger partial charge in [0.15, 0.2) is 0 Å². The summed E-state index contributed by atoms with van der Waals surface area (Å²) >= 11 is 5.90. The van der Waals surface area contributed by atoms with E-state index >= 15 is 0 Å². The van der Waals surface area contributed by atoms with Crippen molar-refractivity contribution in [1.82, 2.24) is 4.90 Å². The van der Waals surface area contributed by atoms with Crippen molar-refractivity contribution in [1.29, 1.82) is 0 Å². The number of aromatic hydroxyl groups is 1.